The first-order valence-electron chi connectivity index (χ1n) is 7.77. The summed E-state index contributed by atoms with van der Waals surface area (Å²) in [5, 5.41) is 12.2. The molecule has 0 bridgehead atoms. The summed E-state index contributed by atoms with van der Waals surface area (Å²) >= 11 is 6.87. The minimum absolute atomic E-state index is 0.00307. The molecule has 1 saturated heterocycles. The first-order valence-corrected chi connectivity index (χ1v) is 9.36. The van der Waals surface area contributed by atoms with E-state index in [0.29, 0.717) is 0 Å². The van der Waals surface area contributed by atoms with Gasteiger partial charge in [-0.05, 0) is 48.0 Å². The van der Waals surface area contributed by atoms with Crippen LogP contribution in [0.4, 0.5) is 5.69 Å². The highest BCUT2D eigenvalue weighted by Gasteiger charge is 2.27. The van der Waals surface area contributed by atoms with E-state index < -0.39 is 0 Å². The molecule has 0 aromatic heterocycles. The number of hydrogen-bond donors (Lipinski definition) is 2. The van der Waals surface area contributed by atoms with Crippen LogP contribution in [0.5, 0.6) is 0 Å². The Morgan fingerprint density at radius 3 is 2.39 bits per heavy atom. The van der Waals surface area contributed by atoms with Crippen LogP contribution in [0.15, 0.2) is 27.1 Å². The molecular formula is C16H23Br2N3O2. The number of halogens is 2. The van der Waals surface area contributed by atoms with Crippen LogP contribution in [0.25, 0.3) is 0 Å². The van der Waals surface area contributed by atoms with Gasteiger partial charge in [0.25, 0.3) is 0 Å². The van der Waals surface area contributed by atoms with Gasteiger partial charge in [-0.1, -0.05) is 15.9 Å². The van der Waals surface area contributed by atoms with Gasteiger partial charge in [0.15, 0.2) is 0 Å². The fourth-order valence-corrected chi connectivity index (χ4v) is 3.82. The Kier molecular flexibility index (Phi) is 7.03. The molecule has 0 aliphatic carbocycles. The maximum absolute atomic E-state index is 12.5. The predicted octanol–water partition coefficient (Wildman–Crippen LogP) is 2.54. The molecule has 2 N–H and O–H groups in total. The van der Waals surface area contributed by atoms with Crippen molar-refractivity contribution in [2.45, 2.75) is 25.9 Å². The second-order valence-corrected chi connectivity index (χ2v) is 7.66. The number of piperazine rings is 1. The SMILES string of the molecule is CC(CO)N1CCN(C(C)C(=O)Nc2ccc(Br)cc2Br)CC1. The van der Waals surface area contributed by atoms with Gasteiger partial charge in [-0.3, -0.25) is 14.6 Å². The van der Waals surface area contributed by atoms with E-state index in [2.05, 4.69) is 47.0 Å². The molecule has 23 heavy (non-hydrogen) atoms. The normalized spacial score (nSPS) is 19.3. The Labute approximate surface area is 154 Å². The van der Waals surface area contributed by atoms with Crippen LogP contribution >= 0.6 is 31.9 Å². The Morgan fingerprint density at radius 1 is 1.22 bits per heavy atom. The maximum atomic E-state index is 12.5. The zero-order valence-corrected chi connectivity index (χ0v) is 16.6. The second kappa shape index (κ2) is 8.58. The van der Waals surface area contributed by atoms with Crippen LogP contribution in [-0.2, 0) is 4.79 Å². The van der Waals surface area contributed by atoms with Crippen LogP contribution in [0.1, 0.15) is 13.8 Å². The largest absolute Gasteiger partial charge is 0.395 e. The van der Waals surface area contributed by atoms with E-state index in [-0.39, 0.29) is 24.6 Å². The van der Waals surface area contributed by atoms with Crippen molar-refractivity contribution in [3.63, 3.8) is 0 Å². The first-order chi connectivity index (χ1) is 10.9. The van der Waals surface area contributed by atoms with Crippen LogP contribution < -0.4 is 5.32 Å². The fraction of sp³-hybridized carbons (Fsp3) is 0.562. The number of anilines is 1. The summed E-state index contributed by atoms with van der Waals surface area (Å²) in [5.74, 6) is -0.00307. The average Bonchev–Trinajstić information content (AvgIpc) is 2.56. The molecule has 5 nitrogen and oxygen atoms in total. The number of aliphatic hydroxyl groups excluding tert-OH is 1. The average molecular weight is 449 g/mol. The molecule has 1 amide bonds. The van der Waals surface area contributed by atoms with E-state index in [9.17, 15) is 9.90 Å². The number of carbonyl (C=O) groups is 1. The van der Waals surface area contributed by atoms with Crippen molar-refractivity contribution < 1.29 is 9.90 Å². The molecule has 2 rings (SSSR count). The minimum Gasteiger partial charge on any atom is -0.395 e. The molecule has 1 aromatic rings. The van der Waals surface area contributed by atoms with E-state index >= 15 is 0 Å². The number of nitrogens with one attached hydrogen (secondary N) is 1. The van der Waals surface area contributed by atoms with Gasteiger partial charge in [0.2, 0.25) is 5.91 Å². The van der Waals surface area contributed by atoms with E-state index in [4.69, 9.17) is 0 Å². The van der Waals surface area contributed by atoms with Gasteiger partial charge >= 0.3 is 0 Å². The van der Waals surface area contributed by atoms with Crippen molar-refractivity contribution in [1.29, 1.82) is 0 Å². The lowest BCUT2D eigenvalue weighted by Gasteiger charge is -2.39. The summed E-state index contributed by atoms with van der Waals surface area (Å²) < 4.78 is 1.82. The molecule has 1 fully saturated rings. The summed E-state index contributed by atoms with van der Waals surface area (Å²) in [4.78, 5) is 16.9. The zero-order chi connectivity index (χ0) is 17.0. The standard InChI is InChI=1S/C16H23Br2N3O2/c1-11(10-22)20-5-7-21(8-6-20)12(2)16(23)19-15-4-3-13(17)9-14(15)18/h3-4,9,11-12,22H,5-8,10H2,1-2H3,(H,19,23). The molecule has 1 aliphatic heterocycles. The molecule has 7 heteroatoms. The molecule has 2 unspecified atom stereocenters. The topological polar surface area (TPSA) is 55.8 Å². The molecule has 1 aliphatic rings. The summed E-state index contributed by atoms with van der Waals surface area (Å²) in [7, 11) is 0. The van der Waals surface area contributed by atoms with Gasteiger partial charge in [0, 0.05) is 41.2 Å². The Bertz CT molecular complexity index is 548. The first kappa shape index (κ1) is 18.9. The van der Waals surface area contributed by atoms with E-state index in [1.54, 1.807) is 0 Å². The van der Waals surface area contributed by atoms with E-state index in [1.165, 1.54) is 0 Å². The van der Waals surface area contributed by atoms with Crippen molar-refractivity contribution in [2.75, 3.05) is 38.1 Å². The molecule has 2 atom stereocenters. The quantitative estimate of drug-likeness (QED) is 0.726. The van der Waals surface area contributed by atoms with Gasteiger partial charge in [0.1, 0.15) is 0 Å². The highest BCUT2D eigenvalue weighted by atomic mass is 79.9. The second-order valence-electron chi connectivity index (χ2n) is 5.89. The molecule has 0 spiro atoms. The van der Waals surface area contributed by atoms with Gasteiger partial charge < -0.3 is 10.4 Å². The van der Waals surface area contributed by atoms with Crippen LogP contribution in [0, 0.1) is 0 Å². The van der Waals surface area contributed by atoms with Gasteiger partial charge in [-0.2, -0.15) is 0 Å². The lowest BCUT2D eigenvalue weighted by molar-refractivity contribution is -0.121. The Morgan fingerprint density at radius 2 is 1.83 bits per heavy atom. The molecule has 1 aromatic carbocycles. The predicted molar refractivity (Wildman–Crippen MR) is 99.6 cm³/mol. The molecule has 0 saturated carbocycles. The summed E-state index contributed by atoms with van der Waals surface area (Å²) in [6.07, 6.45) is 0. The number of benzene rings is 1. The van der Waals surface area contributed by atoms with Crippen molar-refractivity contribution >= 4 is 43.5 Å². The smallest absolute Gasteiger partial charge is 0.241 e. The number of nitrogens with zero attached hydrogens (tertiary/aromatic N) is 2. The van der Waals surface area contributed by atoms with Gasteiger partial charge in [0.05, 0.1) is 18.3 Å². The Hall–Kier alpha value is -0.470. The van der Waals surface area contributed by atoms with Crippen molar-refractivity contribution in [3.05, 3.63) is 27.1 Å². The Balaban J connectivity index is 1.90. The molecular weight excluding hydrogens is 426 g/mol. The molecule has 0 radical (unpaired) electrons. The molecule has 1 heterocycles. The number of carbonyl (C=O) groups excluding carboxylic acids is 1. The van der Waals surface area contributed by atoms with E-state index in [1.807, 2.05) is 32.0 Å². The maximum Gasteiger partial charge on any atom is 0.241 e. The lowest BCUT2D eigenvalue weighted by atomic mass is 10.2. The number of aliphatic hydroxyl groups is 1. The number of rotatable bonds is 5. The van der Waals surface area contributed by atoms with Gasteiger partial charge in [-0.15, -0.1) is 0 Å². The third kappa shape index (κ3) is 5.00. The van der Waals surface area contributed by atoms with Crippen LogP contribution in [0.2, 0.25) is 0 Å². The third-order valence-electron chi connectivity index (χ3n) is 4.35. The highest BCUT2D eigenvalue weighted by Crippen LogP contribution is 2.26. The summed E-state index contributed by atoms with van der Waals surface area (Å²) in [6.45, 7) is 7.56. The zero-order valence-electron chi connectivity index (χ0n) is 13.4. The number of amides is 1. The van der Waals surface area contributed by atoms with Crippen LogP contribution in [0.3, 0.4) is 0 Å². The van der Waals surface area contributed by atoms with Crippen molar-refractivity contribution in [3.8, 4) is 0 Å². The summed E-state index contributed by atoms with van der Waals surface area (Å²) in [5.41, 5.74) is 0.776. The van der Waals surface area contributed by atoms with Gasteiger partial charge in [-0.25, -0.2) is 0 Å². The monoisotopic (exact) mass is 447 g/mol. The third-order valence-corrected chi connectivity index (χ3v) is 5.50. The van der Waals surface area contributed by atoms with Crippen molar-refractivity contribution in [2.24, 2.45) is 0 Å². The number of hydrogen-bond acceptors (Lipinski definition) is 4. The van der Waals surface area contributed by atoms with Crippen molar-refractivity contribution in [1.82, 2.24) is 9.80 Å². The van der Waals surface area contributed by atoms with E-state index in [0.717, 1.165) is 40.8 Å². The highest BCUT2D eigenvalue weighted by molar-refractivity contribution is 9.11. The summed E-state index contributed by atoms with van der Waals surface area (Å²) in [6, 6.07) is 5.69. The minimum atomic E-state index is -0.183. The fourth-order valence-electron chi connectivity index (χ4n) is 2.67. The molecule has 128 valence electrons. The lowest BCUT2D eigenvalue weighted by Crippen LogP contribution is -2.55. The van der Waals surface area contributed by atoms with Crippen LogP contribution in [-0.4, -0.2) is 65.7 Å².